The summed E-state index contributed by atoms with van der Waals surface area (Å²) in [6.07, 6.45) is 0.842. The molecule has 2 atom stereocenters. The van der Waals surface area contributed by atoms with Gasteiger partial charge in [-0.3, -0.25) is 52.9 Å². The number of rotatable bonds is 17. The molecule has 2 unspecified atom stereocenters. The van der Waals surface area contributed by atoms with E-state index in [4.69, 9.17) is 9.05 Å². The lowest BCUT2D eigenvalue weighted by molar-refractivity contribution is -0.145. The fraction of sp³-hybridized carbons (Fsp3) is 0.568. The number of nitrogens with zero attached hydrogens (tertiary/aromatic N) is 4. The van der Waals surface area contributed by atoms with Gasteiger partial charge < -0.3 is 19.8 Å². The molecule has 0 aromatic heterocycles. The second-order valence-electron chi connectivity index (χ2n) is 14.5. The molecule has 1 aliphatic rings. The van der Waals surface area contributed by atoms with E-state index < -0.39 is 60.8 Å². The molecule has 0 aliphatic carbocycles. The summed E-state index contributed by atoms with van der Waals surface area (Å²) in [7, 11) is -8.46. The highest BCUT2D eigenvalue weighted by atomic mass is 32.2. The lowest BCUT2D eigenvalue weighted by atomic mass is 9.90. The lowest BCUT2D eigenvalue weighted by Gasteiger charge is -2.35. The van der Waals surface area contributed by atoms with Crippen molar-refractivity contribution in [3.8, 4) is 16.9 Å². The molecule has 0 spiro atoms. The molecule has 1 fully saturated rings. The molecule has 0 radical (unpaired) electrons. The predicted octanol–water partition coefficient (Wildman–Crippen LogP) is 2.09. The number of carbonyl (C=O) groups excluding carboxylic acids is 1. The van der Waals surface area contributed by atoms with Crippen molar-refractivity contribution in [2.45, 2.75) is 53.5 Å². The Bertz CT molecular complexity index is 1870. The highest BCUT2D eigenvalue weighted by molar-refractivity contribution is 7.89. The highest BCUT2D eigenvalue weighted by Crippen LogP contribution is 2.46. The van der Waals surface area contributed by atoms with Gasteiger partial charge in [0, 0.05) is 52.4 Å². The zero-order chi connectivity index (χ0) is 42.7. The number of hydrogen-bond donors (Lipinski definition) is 5. The molecule has 0 saturated carbocycles. The first-order chi connectivity index (χ1) is 26.5. The van der Waals surface area contributed by atoms with Gasteiger partial charge >= 0.3 is 25.7 Å². The predicted molar refractivity (Wildman–Crippen MR) is 212 cm³/mol. The van der Waals surface area contributed by atoms with Crippen molar-refractivity contribution < 1.29 is 61.4 Å². The van der Waals surface area contributed by atoms with Crippen LogP contribution in [0.15, 0.2) is 24.3 Å². The summed E-state index contributed by atoms with van der Waals surface area (Å²) in [4.78, 5) is 65.4. The second kappa shape index (κ2) is 21.2. The van der Waals surface area contributed by atoms with Gasteiger partial charge in [-0.05, 0) is 93.0 Å². The Morgan fingerprint density at radius 1 is 0.754 bits per heavy atom. The highest BCUT2D eigenvalue weighted by Gasteiger charge is 2.30. The maximum atomic E-state index is 13.1. The van der Waals surface area contributed by atoms with E-state index in [-0.39, 0.29) is 84.1 Å². The molecule has 2 aromatic rings. The first-order valence-corrected chi connectivity index (χ1v) is 21.9. The number of carbonyl (C=O) groups is 4. The Labute approximate surface area is 334 Å². The van der Waals surface area contributed by atoms with E-state index in [9.17, 15) is 52.4 Å². The van der Waals surface area contributed by atoms with E-state index in [0.29, 0.717) is 5.56 Å². The normalized spacial score (nSPS) is 17.5. The molecule has 0 bridgehead atoms. The number of phosphoric acid groups is 1. The number of amides is 1. The number of benzene rings is 2. The summed E-state index contributed by atoms with van der Waals surface area (Å²) in [5.74, 6) is -4.10. The SMILES string of the molecule is Cc1cc(C)c(-c2cc(C)c(OP(=O)(O)OCCCC(C(=O)O)N3CCN(CC(=O)O)CCN(CC(=O)NS(C)(=O)=O)CCN(CC(=O)O)CC3)cc2C)c(C)c1. The molecule has 1 heterocycles. The lowest BCUT2D eigenvalue weighted by Crippen LogP contribution is -2.52. The molecule has 3 rings (SSSR count). The van der Waals surface area contributed by atoms with E-state index in [1.165, 1.54) is 0 Å². The summed E-state index contributed by atoms with van der Waals surface area (Å²) in [6.45, 7) is 9.12. The van der Waals surface area contributed by atoms with E-state index in [2.05, 4.69) is 12.1 Å². The van der Waals surface area contributed by atoms with Gasteiger partial charge in [0.1, 0.15) is 11.8 Å². The molecule has 20 heteroatoms. The topological polar surface area (TPSA) is 244 Å². The summed E-state index contributed by atoms with van der Waals surface area (Å²) in [5.41, 5.74) is 6.85. The van der Waals surface area contributed by atoms with Crippen LogP contribution in [-0.4, -0.2) is 163 Å². The number of aliphatic carboxylic acids is 3. The number of aryl methyl sites for hydroxylation is 5. The fourth-order valence-corrected chi connectivity index (χ4v) is 8.33. The van der Waals surface area contributed by atoms with Gasteiger partial charge in [0.25, 0.3) is 0 Å². The quantitative estimate of drug-likeness (QED) is 0.113. The minimum absolute atomic E-state index is 0.0293. The van der Waals surface area contributed by atoms with Crippen LogP contribution in [0.25, 0.3) is 11.1 Å². The maximum Gasteiger partial charge on any atom is 0.527 e. The summed E-state index contributed by atoms with van der Waals surface area (Å²) >= 11 is 0. The number of carboxylic acids is 3. The largest absolute Gasteiger partial charge is 0.527 e. The summed E-state index contributed by atoms with van der Waals surface area (Å²) in [5, 5.41) is 29.4. The summed E-state index contributed by atoms with van der Waals surface area (Å²) < 4.78 is 48.9. The van der Waals surface area contributed by atoms with Crippen LogP contribution in [0.3, 0.4) is 0 Å². The van der Waals surface area contributed by atoms with Crippen LogP contribution in [-0.2, 0) is 38.3 Å². The number of carboxylic acid groups (broad SMARTS) is 3. The third kappa shape index (κ3) is 16.1. The molecule has 1 aliphatic heterocycles. The minimum atomic E-state index is -4.63. The average Bonchev–Trinajstić information content (AvgIpc) is 3.05. The van der Waals surface area contributed by atoms with Gasteiger partial charge in [0.2, 0.25) is 15.9 Å². The number of hydrogen-bond acceptors (Lipinski definition) is 13. The van der Waals surface area contributed by atoms with E-state index >= 15 is 0 Å². The van der Waals surface area contributed by atoms with Crippen molar-refractivity contribution in [2.75, 3.05) is 84.9 Å². The van der Waals surface area contributed by atoms with Gasteiger partial charge in [-0.15, -0.1) is 0 Å². The van der Waals surface area contributed by atoms with E-state index in [1.54, 1.807) is 32.6 Å². The zero-order valence-electron chi connectivity index (χ0n) is 33.4. The Kier molecular flexibility index (Phi) is 17.6. The molecule has 5 N–H and O–H groups in total. The van der Waals surface area contributed by atoms with Crippen molar-refractivity contribution in [3.63, 3.8) is 0 Å². The van der Waals surface area contributed by atoms with Crippen molar-refractivity contribution in [3.05, 3.63) is 52.1 Å². The molecule has 2 aromatic carbocycles. The minimum Gasteiger partial charge on any atom is -0.480 e. The van der Waals surface area contributed by atoms with Crippen LogP contribution >= 0.6 is 7.82 Å². The third-order valence-electron chi connectivity index (χ3n) is 9.54. The van der Waals surface area contributed by atoms with Crippen molar-refractivity contribution >= 4 is 41.7 Å². The first-order valence-electron chi connectivity index (χ1n) is 18.5. The number of sulfonamides is 1. The Morgan fingerprint density at radius 3 is 1.72 bits per heavy atom. The van der Waals surface area contributed by atoms with Gasteiger partial charge in [-0.2, -0.15) is 0 Å². The Morgan fingerprint density at radius 2 is 1.25 bits per heavy atom. The van der Waals surface area contributed by atoms with Crippen molar-refractivity contribution in [1.29, 1.82) is 0 Å². The van der Waals surface area contributed by atoms with Crippen molar-refractivity contribution in [1.82, 2.24) is 24.3 Å². The average molecular weight is 842 g/mol. The third-order valence-corrected chi connectivity index (χ3v) is 11.1. The van der Waals surface area contributed by atoms with Gasteiger partial charge in [-0.25, -0.2) is 13.0 Å². The van der Waals surface area contributed by atoms with Crippen LogP contribution in [0.1, 0.15) is 40.7 Å². The fourth-order valence-electron chi connectivity index (χ4n) is 7.00. The second-order valence-corrected chi connectivity index (χ2v) is 17.7. The van der Waals surface area contributed by atoms with Crippen LogP contribution in [0.4, 0.5) is 0 Å². The van der Waals surface area contributed by atoms with Gasteiger partial charge in [0.15, 0.2) is 0 Å². The van der Waals surface area contributed by atoms with Crippen LogP contribution in [0.2, 0.25) is 0 Å². The molecule has 18 nitrogen and oxygen atoms in total. The molecule has 57 heavy (non-hydrogen) atoms. The van der Waals surface area contributed by atoms with Crippen LogP contribution in [0, 0.1) is 34.6 Å². The van der Waals surface area contributed by atoms with Crippen LogP contribution < -0.4 is 9.25 Å². The summed E-state index contributed by atoms with van der Waals surface area (Å²) in [6, 6.07) is 6.63. The van der Waals surface area contributed by atoms with E-state index in [0.717, 1.165) is 39.6 Å². The Hall–Kier alpha value is -3.94. The molecule has 318 valence electrons. The smallest absolute Gasteiger partial charge is 0.480 e. The number of nitrogens with one attached hydrogen (secondary N) is 1. The monoisotopic (exact) mass is 841 g/mol. The van der Waals surface area contributed by atoms with Crippen LogP contribution in [0.5, 0.6) is 5.75 Å². The molecular weight excluding hydrogens is 785 g/mol. The molecule has 1 amide bonds. The maximum absolute atomic E-state index is 13.1. The standard InChI is InChI=1S/C37H56N5O13PS/c1-25-18-28(4)36(29(5)19-25)30-20-27(3)32(21-26(30)2)55-56(50,51)54-17-7-8-31(37(48)49)42-15-13-40(23-34(44)45)11-9-39(22-33(43)38-57(6,52)53)10-12-41(14-16-42)24-35(46)47/h18-21,31H,7-17,22-24H2,1-6H3,(H,38,43)(H,44,45)(H,46,47)(H,48,49)(H,50,51). The van der Waals surface area contributed by atoms with E-state index in [1.807, 2.05) is 38.5 Å². The molecule has 1 saturated heterocycles. The molecular formula is C37H56N5O13PS. The zero-order valence-corrected chi connectivity index (χ0v) is 35.1. The Balaban J connectivity index is 1.71. The number of phosphoric ester groups is 1. The van der Waals surface area contributed by atoms with Gasteiger partial charge in [-0.1, -0.05) is 17.7 Å². The first kappa shape index (κ1) is 47.4. The van der Waals surface area contributed by atoms with Crippen molar-refractivity contribution in [2.24, 2.45) is 0 Å². The van der Waals surface area contributed by atoms with Gasteiger partial charge in [0.05, 0.1) is 32.5 Å².